The number of amides is 3. The Balaban J connectivity index is 1.35. The number of hydrogen-bond acceptors (Lipinski definition) is 12. The molecule has 1 fully saturated rings. The van der Waals surface area contributed by atoms with Crippen molar-refractivity contribution in [3.8, 4) is 33.1 Å². The Kier molecular flexibility index (Phi) is 7.30. The van der Waals surface area contributed by atoms with E-state index in [1.54, 1.807) is 44.3 Å². The van der Waals surface area contributed by atoms with Gasteiger partial charge in [0.2, 0.25) is 21.6 Å². The van der Waals surface area contributed by atoms with Crippen LogP contribution in [-0.2, 0) is 14.6 Å². The molecule has 1 saturated heterocycles. The van der Waals surface area contributed by atoms with Crippen molar-refractivity contribution >= 4 is 44.7 Å². The van der Waals surface area contributed by atoms with Crippen molar-refractivity contribution in [1.82, 2.24) is 40.8 Å². The number of imide groups is 1. The summed E-state index contributed by atoms with van der Waals surface area (Å²) < 4.78 is 26.9. The maximum atomic E-state index is 13.4. The highest BCUT2D eigenvalue weighted by Crippen LogP contribution is 2.38. The van der Waals surface area contributed by atoms with Gasteiger partial charge >= 0.3 is 6.03 Å². The average molecular weight is 631 g/mol. The molecular formula is C28H26N10O4S2. The molecule has 0 bridgehead atoms. The van der Waals surface area contributed by atoms with Gasteiger partial charge in [0.25, 0.3) is 5.91 Å². The Bertz CT molecular complexity index is 1970. The van der Waals surface area contributed by atoms with E-state index in [9.17, 15) is 18.0 Å². The van der Waals surface area contributed by atoms with Crippen molar-refractivity contribution in [3.05, 3.63) is 66.9 Å². The van der Waals surface area contributed by atoms with E-state index >= 15 is 0 Å². The van der Waals surface area contributed by atoms with Crippen molar-refractivity contribution in [2.75, 3.05) is 24.1 Å². The molecule has 0 unspecified atom stereocenters. The number of sulfone groups is 1. The highest BCUT2D eigenvalue weighted by molar-refractivity contribution is 7.93. The number of tetrazole rings is 1. The Morgan fingerprint density at radius 3 is 2.52 bits per heavy atom. The molecule has 3 aromatic heterocycles. The topological polar surface area (TPSA) is 202 Å². The van der Waals surface area contributed by atoms with Crippen LogP contribution in [0.15, 0.2) is 76.0 Å². The van der Waals surface area contributed by atoms with Crippen molar-refractivity contribution in [2.45, 2.75) is 28.5 Å². The van der Waals surface area contributed by atoms with Gasteiger partial charge in [-0.15, -0.1) is 21.5 Å². The van der Waals surface area contributed by atoms with Crippen LogP contribution in [-0.4, -0.2) is 74.5 Å². The van der Waals surface area contributed by atoms with Gasteiger partial charge in [0, 0.05) is 36.1 Å². The van der Waals surface area contributed by atoms with Crippen molar-refractivity contribution in [3.63, 3.8) is 0 Å². The smallest absolute Gasteiger partial charge is 0.325 e. The minimum Gasteiger partial charge on any atom is -0.399 e. The van der Waals surface area contributed by atoms with Gasteiger partial charge in [-0.2, -0.15) is 5.21 Å². The first-order chi connectivity index (χ1) is 21.0. The van der Waals surface area contributed by atoms with E-state index in [1.165, 1.54) is 17.0 Å². The first-order valence-corrected chi connectivity index (χ1v) is 15.6. The fraction of sp³-hybridized carbons (Fsp3) is 0.179. The molecule has 3 amide bonds. The van der Waals surface area contributed by atoms with E-state index in [1.807, 2.05) is 24.3 Å². The number of hydrogen-bond donors (Lipinski definition) is 4. The molecule has 4 heterocycles. The monoisotopic (exact) mass is 630 g/mol. The van der Waals surface area contributed by atoms with Gasteiger partial charge < -0.3 is 16.0 Å². The molecule has 6 rings (SSSR count). The summed E-state index contributed by atoms with van der Waals surface area (Å²) in [5, 5.41) is 19.6. The number of aromatic amines is 1. The van der Waals surface area contributed by atoms with E-state index < -0.39 is 21.4 Å². The first-order valence-electron chi connectivity index (χ1n) is 13.3. The third-order valence-corrected chi connectivity index (χ3v) is 10.5. The second-order valence-corrected chi connectivity index (χ2v) is 13.6. The second kappa shape index (κ2) is 11.1. The molecule has 0 radical (unpaired) electrons. The number of rotatable bonds is 9. The number of nitrogen functional groups attached to an aromatic ring is 1. The molecule has 0 atom stereocenters. The van der Waals surface area contributed by atoms with Crippen LogP contribution in [0.1, 0.15) is 13.8 Å². The SMILES string of the molecule is CC1(C)C(=O)NC(=O)N1CCNc1ncc(-c2cccc(-c3nn[nH]n3)c2)c(-c2ccc(S(=O)(=O)c3ccc(N)cc3)s2)n1. The highest BCUT2D eigenvalue weighted by atomic mass is 32.2. The lowest BCUT2D eigenvalue weighted by atomic mass is 10.0. The van der Waals surface area contributed by atoms with Crippen LogP contribution in [0.25, 0.3) is 33.1 Å². The van der Waals surface area contributed by atoms with Crippen molar-refractivity contribution in [1.29, 1.82) is 0 Å². The number of carbonyl (C=O) groups is 2. The van der Waals surface area contributed by atoms with E-state index in [0.29, 0.717) is 33.2 Å². The van der Waals surface area contributed by atoms with Gasteiger partial charge in [-0.05, 0) is 67.1 Å². The minimum absolute atomic E-state index is 0.130. The Hall–Kier alpha value is -5.22. The normalized spacial score (nSPS) is 14.5. The molecule has 1 aliphatic rings. The zero-order valence-electron chi connectivity index (χ0n) is 23.5. The maximum absolute atomic E-state index is 13.4. The molecule has 44 heavy (non-hydrogen) atoms. The van der Waals surface area contributed by atoms with Crippen LogP contribution in [0.2, 0.25) is 0 Å². The largest absolute Gasteiger partial charge is 0.399 e. The van der Waals surface area contributed by atoms with Gasteiger partial charge in [-0.1, -0.05) is 18.2 Å². The standard InChI is InChI=1S/C28H26N10O4S2/c1-28(2)25(39)33-27(40)38(28)13-12-30-26-31-15-20(16-4-3-5-17(14-16)24-34-36-37-35-24)23(32-26)21-10-11-22(43-21)44(41,42)19-8-6-18(29)7-9-19/h3-11,14-15H,12-13,29H2,1-2H3,(H,30,31,32)(H,33,39,40)(H,34,35,36,37). The number of anilines is 2. The number of aromatic nitrogens is 6. The second-order valence-electron chi connectivity index (χ2n) is 10.4. The van der Waals surface area contributed by atoms with Gasteiger partial charge in [0.05, 0.1) is 15.5 Å². The molecule has 0 saturated carbocycles. The lowest BCUT2D eigenvalue weighted by Gasteiger charge is -2.27. The van der Waals surface area contributed by atoms with Crippen LogP contribution >= 0.6 is 11.3 Å². The lowest BCUT2D eigenvalue weighted by Crippen LogP contribution is -2.46. The summed E-state index contributed by atoms with van der Waals surface area (Å²) in [4.78, 5) is 35.8. The molecule has 1 aliphatic heterocycles. The molecule has 0 aliphatic carbocycles. The summed E-state index contributed by atoms with van der Waals surface area (Å²) in [6.45, 7) is 3.83. The Morgan fingerprint density at radius 2 is 1.82 bits per heavy atom. The molecule has 16 heteroatoms. The predicted molar refractivity (Wildman–Crippen MR) is 163 cm³/mol. The summed E-state index contributed by atoms with van der Waals surface area (Å²) in [6.07, 6.45) is 1.64. The highest BCUT2D eigenvalue weighted by Gasteiger charge is 2.45. The number of carbonyl (C=O) groups excluding carboxylic acids is 2. The van der Waals surface area contributed by atoms with Crippen molar-refractivity contribution < 1.29 is 18.0 Å². The zero-order chi connectivity index (χ0) is 31.1. The predicted octanol–water partition coefficient (Wildman–Crippen LogP) is 3.21. The number of H-pyrrole nitrogens is 1. The summed E-state index contributed by atoms with van der Waals surface area (Å²) in [5.74, 6) is 0.307. The molecule has 5 aromatic rings. The molecular weight excluding hydrogens is 605 g/mol. The third-order valence-electron chi connectivity index (χ3n) is 7.15. The van der Waals surface area contributed by atoms with Crippen LogP contribution < -0.4 is 16.4 Å². The van der Waals surface area contributed by atoms with Crippen LogP contribution in [0, 0.1) is 0 Å². The van der Waals surface area contributed by atoms with E-state index in [4.69, 9.17) is 10.7 Å². The third kappa shape index (κ3) is 5.35. The first kappa shape index (κ1) is 28.9. The summed E-state index contributed by atoms with van der Waals surface area (Å²) >= 11 is 1.08. The molecule has 0 spiro atoms. The van der Waals surface area contributed by atoms with Gasteiger partial charge in [0.1, 0.15) is 9.75 Å². The van der Waals surface area contributed by atoms with Gasteiger partial charge in [-0.3, -0.25) is 10.1 Å². The number of urea groups is 1. The number of nitrogens with one attached hydrogen (secondary N) is 3. The molecule has 5 N–H and O–H groups in total. The minimum atomic E-state index is -3.81. The van der Waals surface area contributed by atoms with Crippen LogP contribution in [0.3, 0.4) is 0 Å². The molecule has 14 nitrogen and oxygen atoms in total. The number of benzene rings is 2. The summed E-state index contributed by atoms with van der Waals surface area (Å²) in [6, 6.07) is 16.2. The van der Waals surface area contributed by atoms with E-state index in [-0.39, 0.29) is 34.0 Å². The fourth-order valence-corrected chi connectivity index (χ4v) is 7.40. The van der Waals surface area contributed by atoms with E-state index in [2.05, 4.69) is 36.2 Å². The molecule has 2 aromatic carbocycles. The van der Waals surface area contributed by atoms with Crippen molar-refractivity contribution in [2.24, 2.45) is 0 Å². The summed E-state index contributed by atoms with van der Waals surface area (Å²) in [5.41, 5.74) is 7.82. The molecule has 224 valence electrons. The van der Waals surface area contributed by atoms with Crippen LogP contribution in [0.5, 0.6) is 0 Å². The average Bonchev–Trinajstić information content (AvgIpc) is 3.76. The zero-order valence-corrected chi connectivity index (χ0v) is 25.1. The fourth-order valence-electron chi connectivity index (χ4n) is 4.69. The van der Waals surface area contributed by atoms with Gasteiger partial charge in [0.15, 0.2) is 0 Å². The van der Waals surface area contributed by atoms with E-state index in [0.717, 1.165) is 16.9 Å². The van der Waals surface area contributed by atoms with Crippen LogP contribution in [0.4, 0.5) is 16.4 Å². The Labute approximate surface area is 255 Å². The number of thiophene rings is 1. The summed E-state index contributed by atoms with van der Waals surface area (Å²) in [7, 11) is -3.81. The maximum Gasteiger partial charge on any atom is 0.325 e. The number of nitrogens with zero attached hydrogens (tertiary/aromatic N) is 6. The lowest BCUT2D eigenvalue weighted by molar-refractivity contribution is -0.125. The Morgan fingerprint density at radius 1 is 1.05 bits per heavy atom. The number of nitrogens with two attached hydrogens (primary N) is 1. The van der Waals surface area contributed by atoms with Gasteiger partial charge in [-0.25, -0.2) is 23.2 Å². The quantitative estimate of drug-likeness (QED) is 0.138.